The molecule has 3 aliphatic carbocycles. The van der Waals surface area contributed by atoms with Crippen LogP contribution in [-0.4, -0.2) is 44.8 Å². The average molecular weight is 327 g/mol. The summed E-state index contributed by atoms with van der Waals surface area (Å²) in [6.07, 6.45) is 3.22. The van der Waals surface area contributed by atoms with E-state index in [9.17, 15) is 0 Å². The fourth-order valence-corrected chi connectivity index (χ4v) is 7.27. The second-order valence-corrected chi connectivity index (χ2v) is 8.40. The molecular formula is C19H21NO4. The molecule has 0 radical (unpaired) electrons. The van der Waals surface area contributed by atoms with Gasteiger partial charge in [-0.3, -0.25) is 0 Å². The van der Waals surface area contributed by atoms with E-state index in [4.69, 9.17) is 18.9 Å². The Morgan fingerprint density at radius 3 is 2.88 bits per heavy atom. The van der Waals surface area contributed by atoms with Crippen LogP contribution < -0.4 is 14.8 Å². The van der Waals surface area contributed by atoms with Crippen molar-refractivity contribution in [1.82, 2.24) is 5.32 Å². The summed E-state index contributed by atoms with van der Waals surface area (Å²) >= 11 is 0. The van der Waals surface area contributed by atoms with E-state index in [0.717, 1.165) is 30.9 Å². The standard InChI is InChI=1S/C19H21NO4/c1-21-12-3-2-10-13-14(12)24-16-18(13)8-17(10)9-20-15(17)11(18)4-5-19(16)22-6-7-23-19/h2-3,11,15-16,20H,4-9H2,1H3. The molecule has 1 N–H and O–H groups in total. The van der Waals surface area contributed by atoms with Gasteiger partial charge in [0.15, 0.2) is 17.6 Å². The van der Waals surface area contributed by atoms with Gasteiger partial charge >= 0.3 is 0 Å². The van der Waals surface area contributed by atoms with Crippen LogP contribution in [0, 0.1) is 5.92 Å². The minimum absolute atomic E-state index is 0.0377. The van der Waals surface area contributed by atoms with Gasteiger partial charge in [-0.1, -0.05) is 6.07 Å². The third-order valence-corrected chi connectivity index (χ3v) is 7.93. The summed E-state index contributed by atoms with van der Waals surface area (Å²) in [6, 6.07) is 4.97. The first-order valence-electron chi connectivity index (χ1n) is 9.15. The molecule has 126 valence electrons. The lowest BCUT2D eigenvalue weighted by atomic mass is 9.58. The first kappa shape index (κ1) is 13.0. The summed E-state index contributed by atoms with van der Waals surface area (Å²) in [4.78, 5) is 0. The van der Waals surface area contributed by atoms with E-state index in [-0.39, 0.29) is 11.5 Å². The van der Waals surface area contributed by atoms with Crippen LogP contribution >= 0.6 is 0 Å². The van der Waals surface area contributed by atoms with E-state index >= 15 is 0 Å². The monoisotopic (exact) mass is 327 g/mol. The Kier molecular flexibility index (Phi) is 1.96. The number of fused-ring (bicyclic) bond motifs is 2. The Labute approximate surface area is 140 Å². The highest BCUT2D eigenvalue weighted by Crippen LogP contribution is 2.76. The molecule has 4 fully saturated rings. The van der Waals surface area contributed by atoms with Gasteiger partial charge in [-0.25, -0.2) is 0 Å². The molecule has 0 amide bonds. The molecule has 2 saturated heterocycles. The van der Waals surface area contributed by atoms with Crippen LogP contribution in [0.25, 0.3) is 0 Å². The zero-order valence-corrected chi connectivity index (χ0v) is 13.8. The normalized spacial score (nSPS) is 47.3. The van der Waals surface area contributed by atoms with E-state index in [1.54, 1.807) is 7.11 Å². The largest absolute Gasteiger partial charge is 0.493 e. The SMILES string of the molecule is COc1ccc2c3c1OC1C4(CCC5C6NCC26CC351)OCCO4. The van der Waals surface area contributed by atoms with Gasteiger partial charge in [0.1, 0.15) is 0 Å². The Bertz CT molecular complexity index is 788. The van der Waals surface area contributed by atoms with Gasteiger partial charge in [-0.15, -0.1) is 0 Å². The Balaban J connectivity index is 1.54. The molecule has 0 aromatic heterocycles. The summed E-state index contributed by atoms with van der Waals surface area (Å²) in [7, 11) is 1.73. The van der Waals surface area contributed by atoms with Gasteiger partial charge in [0.25, 0.3) is 0 Å². The van der Waals surface area contributed by atoms with E-state index in [1.165, 1.54) is 17.5 Å². The zero-order valence-electron chi connectivity index (χ0n) is 13.8. The van der Waals surface area contributed by atoms with E-state index in [0.29, 0.717) is 30.6 Å². The molecule has 1 aromatic carbocycles. The quantitative estimate of drug-likeness (QED) is 0.847. The Morgan fingerprint density at radius 1 is 1.25 bits per heavy atom. The molecule has 7 rings (SSSR count). The van der Waals surface area contributed by atoms with Crippen LogP contribution in [0.1, 0.15) is 30.4 Å². The highest BCUT2D eigenvalue weighted by atomic mass is 16.8. The van der Waals surface area contributed by atoms with Crippen molar-refractivity contribution >= 4 is 0 Å². The van der Waals surface area contributed by atoms with Gasteiger partial charge in [-0.2, -0.15) is 0 Å². The van der Waals surface area contributed by atoms with Crippen molar-refractivity contribution in [2.24, 2.45) is 5.92 Å². The summed E-state index contributed by atoms with van der Waals surface area (Å²) in [5, 5.41) is 3.75. The lowest BCUT2D eigenvalue weighted by molar-refractivity contribution is -0.248. The highest BCUT2D eigenvalue weighted by Gasteiger charge is 2.81. The predicted molar refractivity (Wildman–Crippen MR) is 84.5 cm³/mol. The molecule has 1 aromatic rings. The highest BCUT2D eigenvalue weighted by molar-refractivity contribution is 5.68. The van der Waals surface area contributed by atoms with Crippen molar-refractivity contribution in [3.63, 3.8) is 0 Å². The summed E-state index contributed by atoms with van der Waals surface area (Å²) in [5.41, 5.74) is 3.26. The molecule has 5 atom stereocenters. The zero-order chi connectivity index (χ0) is 15.7. The molecule has 2 saturated carbocycles. The van der Waals surface area contributed by atoms with E-state index in [1.807, 2.05) is 0 Å². The smallest absolute Gasteiger partial charge is 0.206 e. The van der Waals surface area contributed by atoms with E-state index in [2.05, 4.69) is 17.4 Å². The number of ether oxygens (including phenoxy) is 4. The summed E-state index contributed by atoms with van der Waals surface area (Å²) in [5.74, 6) is 1.88. The second-order valence-electron chi connectivity index (χ2n) is 8.40. The van der Waals surface area contributed by atoms with Crippen LogP contribution in [0.5, 0.6) is 11.5 Å². The van der Waals surface area contributed by atoms with Crippen molar-refractivity contribution in [3.05, 3.63) is 23.3 Å². The average Bonchev–Trinajstić information content (AvgIpc) is 3.28. The molecular weight excluding hydrogens is 306 g/mol. The van der Waals surface area contributed by atoms with Crippen molar-refractivity contribution in [1.29, 1.82) is 0 Å². The lowest BCUT2D eigenvalue weighted by Gasteiger charge is -2.54. The van der Waals surface area contributed by atoms with Gasteiger partial charge in [0, 0.05) is 35.4 Å². The molecule has 5 nitrogen and oxygen atoms in total. The first-order valence-corrected chi connectivity index (χ1v) is 9.15. The molecule has 3 aliphatic heterocycles. The van der Waals surface area contributed by atoms with Crippen molar-refractivity contribution in [3.8, 4) is 11.5 Å². The molecule has 5 unspecified atom stereocenters. The molecule has 5 heteroatoms. The number of nitrogens with one attached hydrogen (secondary N) is 1. The third-order valence-electron chi connectivity index (χ3n) is 7.93. The van der Waals surface area contributed by atoms with Crippen LogP contribution in [0.15, 0.2) is 12.1 Å². The van der Waals surface area contributed by atoms with Crippen LogP contribution in [-0.2, 0) is 20.3 Å². The number of methoxy groups -OCH3 is 1. The lowest BCUT2D eigenvalue weighted by Crippen LogP contribution is -2.68. The maximum atomic E-state index is 6.62. The van der Waals surface area contributed by atoms with Crippen molar-refractivity contribution in [2.45, 2.75) is 48.0 Å². The molecule has 2 bridgehead atoms. The number of benzene rings is 1. The first-order chi connectivity index (χ1) is 11.8. The van der Waals surface area contributed by atoms with Crippen molar-refractivity contribution in [2.75, 3.05) is 26.9 Å². The second kappa shape index (κ2) is 3.62. The number of hydrogen-bond acceptors (Lipinski definition) is 5. The molecule has 6 aliphatic rings. The van der Waals surface area contributed by atoms with Gasteiger partial charge in [0.2, 0.25) is 5.79 Å². The third kappa shape index (κ3) is 1.02. The van der Waals surface area contributed by atoms with Gasteiger partial charge in [0.05, 0.1) is 20.3 Å². The van der Waals surface area contributed by atoms with Crippen LogP contribution in [0.2, 0.25) is 0 Å². The maximum absolute atomic E-state index is 6.62. The van der Waals surface area contributed by atoms with Gasteiger partial charge < -0.3 is 24.3 Å². The molecule has 3 heterocycles. The topological polar surface area (TPSA) is 49.0 Å². The Morgan fingerprint density at radius 2 is 2.12 bits per heavy atom. The van der Waals surface area contributed by atoms with Crippen molar-refractivity contribution < 1.29 is 18.9 Å². The number of hydrogen-bond donors (Lipinski definition) is 1. The summed E-state index contributed by atoms with van der Waals surface area (Å²) < 4.78 is 24.7. The summed E-state index contributed by atoms with van der Waals surface area (Å²) in [6.45, 7) is 2.44. The molecule has 24 heavy (non-hydrogen) atoms. The maximum Gasteiger partial charge on any atom is 0.206 e. The van der Waals surface area contributed by atoms with Crippen LogP contribution in [0.3, 0.4) is 0 Å². The van der Waals surface area contributed by atoms with Gasteiger partial charge in [-0.05, 0) is 30.4 Å². The van der Waals surface area contributed by atoms with E-state index < -0.39 is 5.79 Å². The number of rotatable bonds is 1. The minimum Gasteiger partial charge on any atom is -0.493 e. The fourth-order valence-electron chi connectivity index (χ4n) is 7.27. The minimum atomic E-state index is -0.562. The fraction of sp³-hybridized carbons (Fsp3) is 0.684. The molecule has 3 spiro atoms. The van der Waals surface area contributed by atoms with Crippen LogP contribution in [0.4, 0.5) is 0 Å². The Hall–Kier alpha value is -1.30. The predicted octanol–water partition coefficient (Wildman–Crippen LogP) is 1.47.